The van der Waals surface area contributed by atoms with Crippen LogP contribution in [0.5, 0.6) is 5.75 Å². The first-order valence-corrected chi connectivity index (χ1v) is 8.29. The van der Waals surface area contributed by atoms with Gasteiger partial charge in [0.05, 0.1) is 18.4 Å². The van der Waals surface area contributed by atoms with E-state index in [9.17, 15) is 14.4 Å². The highest BCUT2D eigenvalue weighted by Gasteiger charge is 2.20. The first kappa shape index (κ1) is 18.5. The maximum Gasteiger partial charge on any atom is 0.338 e. The van der Waals surface area contributed by atoms with E-state index in [2.05, 4.69) is 5.32 Å². The molecule has 0 saturated carbocycles. The molecule has 0 saturated heterocycles. The van der Waals surface area contributed by atoms with Gasteiger partial charge < -0.3 is 19.2 Å². The summed E-state index contributed by atoms with van der Waals surface area (Å²) in [5.41, 5.74) is 0.877. The number of rotatable bonds is 5. The highest BCUT2D eigenvalue weighted by molar-refractivity contribution is 6.30. The Balaban J connectivity index is 1.46. The molecule has 1 aromatic heterocycles. The van der Waals surface area contributed by atoms with Crippen LogP contribution in [0.1, 0.15) is 11.3 Å². The number of carbonyl (C=O) groups excluding carboxylic acids is 3. The number of benzene rings is 1. The van der Waals surface area contributed by atoms with Crippen molar-refractivity contribution in [1.82, 2.24) is 10.6 Å². The van der Waals surface area contributed by atoms with E-state index in [4.69, 9.17) is 25.5 Å². The molecule has 2 heterocycles. The topological polar surface area (TPSA) is 107 Å². The molecule has 3 rings (SSSR count). The molecule has 0 radical (unpaired) electrons. The SMILES string of the molecule is O=C(COC(=O)C1=Cc2cc(Cl)ccc2OC1)NC(=O)NCc1ccco1. The summed E-state index contributed by atoms with van der Waals surface area (Å²) in [6, 6.07) is 7.66. The molecule has 8 nitrogen and oxygen atoms in total. The maximum atomic E-state index is 12.1. The van der Waals surface area contributed by atoms with E-state index in [0.717, 1.165) is 0 Å². The van der Waals surface area contributed by atoms with E-state index >= 15 is 0 Å². The number of fused-ring (bicyclic) bond motifs is 1. The number of imide groups is 1. The van der Waals surface area contributed by atoms with Gasteiger partial charge in [-0.2, -0.15) is 0 Å². The molecule has 0 spiro atoms. The summed E-state index contributed by atoms with van der Waals surface area (Å²) in [6.45, 7) is -0.469. The van der Waals surface area contributed by atoms with Gasteiger partial charge in [0.2, 0.25) is 0 Å². The van der Waals surface area contributed by atoms with Gasteiger partial charge in [-0.1, -0.05) is 11.6 Å². The number of ether oxygens (including phenoxy) is 2. The van der Waals surface area contributed by atoms with E-state index in [-0.39, 0.29) is 18.7 Å². The lowest BCUT2D eigenvalue weighted by molar-refractivity contribution is -0.144. The minimum absolute atomic E-state index is 0.0126. The Kier molecular flexibility index (Phi) is 5.77. The van der Waals surface area contributed by atoms with Gasteiger partial charge in [-0.15, -0.1) is 0 Å². The quantitative estimate of drug-likeness (QED) is 0.758. The molecule has 0 aliphatic carbocycles. The third kappa shape index (κ3) is 5.11. The molecule has 0 atom stereocenters. The van der Waals surface area contributed by atoms with Crippen molar-refractivity contribution in [3.8, 4) is 5.75 Å². The number of nitrogens with one attached hydrogen (secondary N) is 2. The molecule has 2 aromatic rings. The molecular weight excluding hydrogens is 376 g/mol. The summed E-state index contributed by atoms with van der Waals surface area (Å²) in [4.78, 5) is 35.4. The first-order chi connectivity index (χ1) is 13.0. The summed E-state index contributed by atoms with van der Waals surface area (Å²) < 4.78 is 15.4. The number of furan rings is 1. The van der Waals surface area contributed by atoms with Crippen LogP contribution in [0.2, 0.25) is 5.02 Å². The fraction of sp³-hybridized carbons (Fsp3) is 0.167. The predicted molar refractivity (Wildman–Crippen MR) is 95.0 cm³/mol. The van der Waals surface area contributed by atoms with Crippen molar-refractivity contribution >= 4 is 35.6 Å². The molecule has 27 heavy (non-hydrogen) atoms. The highest BCUT2D eigenvalue weighted by atomic mass is 35.5. The number of halogens is 1. The second-order valence-corrected chi connectivity index (χ2v) is 5.96. The molecule has 140 valence electrons. The van der Waals surface area contributed by atoms with Crippen LogP contribution in [-0.4, -0.2) is 31.1 Å². The molecule has 9 heteroatoms. The van der Waals surface area contributed by atoms with Crippen molar-refractivity contribution < 1.29 is 28.3 Å². The van der Waals surface area contributed by atoms with Crippen LogP contribution in [0.25, 0.3) is 6.08 Å². The number of hydrogen-bond donors (Lipinski definition) is 2. The van der Waals surface area contributed by atoms with Gasteiger partial charge >= 0.3 is 12.0 Å². The van der Waals surface area contributed by atoms with E-state index in [1.54, 1.807) is 36.4 Å². The largest absolute Gasteiger partial charge is 0.488 e. The second kappa shape index (κ2) is 8.41. The van der Waals surface area contributed by atoms with Gasteiger partial charge in [0.1, 0.15) is 18.1 Å². The van der Waals surface area contributed by atoms with Crippen molar-refractivity contribution in [3.05, 3.63) is 58.5 Å². The van der Waals surface area contributed by atoms with Crippen LogP contribution >= 0.6 is 11.6 Å². The van der Waals surface area contributed by atoms with E-state index in [0.29, 0.717) is 22.1 Å². The summed E-state index contributed by atoms with van der Waals surface area (Å²) in [6.07, 6.45) is 3.05. The van der Waals surface area contributed by atoms with Gasteiger partial charge in [-0.05, 0) is 36.4 Å². The second-order valence-electron chi connectivity index (χ2n) is 5.53. The monoisotopic (exact) mass is 390 g/mol. The van der Waals surface area contributed by atoms with E-state index in [1.165, 1.54) is 6.26 Å². The lowest BCUT2D eigenvalue weighted by Crippen LogP contribution is -2.41. The first-order valence-electron chi connectivity index (χ1n) is 7.91. The number of esters is 1. The Labute approximate surface area is 159 Å². The van der Waals surface area contributed by atoms with E-state index < -0.39 is 24.5 Å². The minimum atomic E-state index is -0.763. The van der Waals surface area contributed by atoms with Crippen molar-refractivity contribution in [2.45, 2.75) is 6.54 Å². The zero-order valence-electron chi connectivity index (χ0n) is 14.0. The van der Waals surface area contributed by atoms with Crippen LogP contribution in [0.4, 0.5) is 4.79 Å². The van der Waals surface area contributed by atoms with Gasteiger partial charge in [-0.3, -0.25) is 10.1 Å². The summed E-state index contributed by atoms with van der Waals surface area (Å²) in [7, 11) is 0. The third-order valence-electron chi connectivity index (χ3n) is 3.54. The Morgan fingerprint density at radius 2 is 2.07 bits per heavy atom. The van der Waals surface area contributed by atoms with Crippen LogP contribution in [-0.2, 0) is 20.9 Å². The normalized spacial score (nSPS) is 12.3. The molecule has 1 aliphatic rings. The van der Waals surface area contributed by atoms with Gasteiger partial charge in [-0.25, -0.2) is 9.59 Å². The van der Waals surface area contributed by atoms with Crippen molar-refractivity contribution in [2.75, 3.05) is 13.2 Å². The molecule has 0 bridgehead atoms. The van der Waals surface area contributed by atoms with E-state index in [1.807, 2.05) is 5.32 Å². The molecule has 2 N–H and O–H groups in total. The Hall–Kier alpha value is -3.26. The lowest BCUT2D eigenvalue weighted by Gasteiger charge is -2.17. The summed E-state index contributed by atoms with van der Waals surface area (Å²) >= 11 is 5.92. The Bertz CT molecular complexity index is 891. The summed E-state index contributed by atoms with van der Waals surface area (Å²) in [5.74, 6) is -0.344. The average Bonchev–Trinajstić information content (AvgIpc) is 3.17. The number of hydrogen-bond acceptors (Lipinski definition) is 6. The maximum absolute atomic E-state index is 12.1. The standard InChI is InChI=1S/C18H15ClN2O6/c19-13-3-4-15-11(7-13)6-12(9-26-15)17(23)27-10-16(22)21-18(24)20-8-14-2-1-5-25-14/h1-7H,8-10H2,(H2,20,21,22,24). The fourth-order valence-corrected chi connectivity index (χ4v) is 2.46. The molecule has 1 aliphatic heterocycles. The van der Waals surface area contributed by atoms with Crippen LogP contribution in [0, 0.1) is 0 Å². The Morgan fingerprint density at radius 3 is 2.85 bits per heavy atom. The van der Waals surface area contributed by atoms with Gasteiger partial charge in [0.15, 0.2) is 6.61 Å². The molecule has 1 aromatic carbocycles. The Morgan fingerprint density at radius 1 is 1.22 bits per heavy atom. The lowest BCUT2D eigenvalue weighted by atomic mass is 10.1. The fourth-order valence-electron chi connectivity index (χ4n) is 2.28. The summed E-state index contributed by atoms with van der Waals surface area (Å²) in [5, 5.41) is 4.98. The molecular formula is C18H15ClN2O6. The number of amides is 3. The van der Waals surface area contributed by atoms with Crippen molar-refractivity contribution in [3.63, 3.8) is 0 Å². The van der Waals surface area contributed by atoms with Crippen molar-refractivity contribution in [2.24, 2.45) is 0 Å². The van der Waals surface area contributed by atoms with Crippen LogP contribution in [0.3, 0.4) is 0 Å². The zero-order chi connectivity index (χ0) is 19.2. The minimum Gasteiger partial charge on any atom is -0.488 e. The number of carbonyl (C=O) groups is 3. The van der Waals surface area contributed by atoms with Gasteiger partial charge in [0, 0.05) is 10.6 Å². The average molecular weight is 391 g/mol. The number of urea groups is 1. The smallest absolute Gasteiger partial charge is 0.338 e. The predicted octanol–water partition coefficient (Wildman–Crippen LogP) is 2.28. The zero-order valence-corrected chi connectivity index (χ0v) is 14.7. The van der Waals surface area contributed by atoms with Crippen molar-refractivity contribution in [1.29, 1.82) is 0 Å². The van der Waals surface area contributed by atoms with Gasteiger partial charge in [0.25, 0.3) is 5.91 Å². The van der Waals surface area contributed by atoms with Crippen LogP contribution < -0.4 is 15.4 Å². The van der Waals surface area contributed by atoms with Crippen LogP contribution in [0.15, 0.2) is 46.6 Å². The molecule has 0 fully saturated rings. The third-order valence-corrected chi connectivity index (χ3v) is 3.77. The highest BCUT2D eigenvalue weighted by Crippen LogP contribution is 2.29. The molecule has 0 unspecified atom stereocenters. The molecule has 3 amide bonds.